The van der Waals surface area contributed by atoms with Crippen molar-refractivity contribution in [2.24, 2.45) is 5.92 Å². The second-order valence-corrected chi connectivity index (χ2v) is 6.28. The van der Waals surface area contributed by atoms with Crippen molar-refractivity contribution < 1.29 is 13.2 Å². The molecule has 100 valence electrons. The molecule has 0 aromatic heterocycles. The molecule has 0 fully saturated rings. The molecule has 0 saturated carbocycles. The first-order valence-corrected chi connectivity index (χ1v) is 7.23. The first kappa shape index (κ1) is 14.8. The zero-order valence-electron chi connectivity index (χ0n) is 10.1. The van der Waals surface area contributed by atoms with E-state index in [9.17, 15) is 13.2 Å². The molecule has 0 atom stereocenters. The molecule has 2 N–H and O–H groups in total. The van der Waals surface area contributed by atoms with Gasteiger partial charge in [-0.15, -0.1) is 0 Å². The highest BCUT2D eigenvalue weighted by Gasteiger charge is 2.17. The maximum Gasteiger partial charge on any atom is 0.328 e. The van der Waals surface area contributed by atoms with Crippen LogP contribution in [0.4, 0.5) is 4.79 Å². The topological polar surface area (TPSA) is 75.3 Å². The van der Waals surface area contributed by atoms with E-state index in [2.05, 4.69) is 5.32 Å². The summed E-state index contributed by atoms with van der Waals surface area (Å²) in [5.74, 6) is 0.244. The van der Waals surface area contributed by atoms with Crippen LogP contribution in [-0.4, -0.2) is 21.0 Å². The lowest BCUT2D eigenvalue weighted by molar-refractivity contribution is 0.244. The molecule has 0 bridgehead atoms. The molecule has 5 nitrogen and oxygen atoms in total. The normalized spacial score (nSPS) is 11.3. The second kappa shape index (κ2) is 6.06. The summed E-state index contributed by atoms with van der Waals surface area (Å²) in [6.07, 6.45) is 0. The lowest BCUT2D eigenvalue weighted by Gasteiger charge is -2.10. The first-order chi connectivity index (χ1) is 8.31. The molecule has 0 saturated heterocycles. The van der Waals surface area contributed by atoms with Gasteiger partial charge in [0.1, 0.15) is 0 Å². The molecule has 0 unspecified atom stereocenters. The lowest BCUT2D eigenvalue weighted by Crippen LogP contribution is -2.40. The third kappa shape index (κ3) is 4.54. The molecule has 0 aliphatic carbocycles. The third-order valence-corrected chi connectivity index (χ3v) is 3.62. The summed E-state index contributed by atoms with van der Waals surface area (Å²) >= 11 is 5.66. The molecule has 7 heteroatoms. The van der Waals surface area contributed by atoms with E-state index in [4.69, 9.17) is 11.6 Å². The fourth-order valence-electron chi connectivity index (χ4n) is 1.13. The zero-order chi connectivity index (χ0) is 13.8. The van der Waals surface area contributed by atoms with Crippen LogP contribution in [0.15, 0.2) is 29.2 Å². The molecule has 1 aromatic carbocycles. The minimum atomic E-state index is -3.84. The quantitative estimate of drug-likeness (QED) is 0.890. The van der Waals surface area contributed by atoms with E-state index >= 15 is 0 Å². The van der Waals surface area contributed by atoms with Gasteiger partial charge in [0.05, 0.1) is 4.90 Å². The number of nitrogens with one attached hydrogen (secondary N) is 2. The Morgan fingerprint density at radius 1 is 1.28 bits per heavy atom. The summed E-state index contributed by atoms with van der Waals surface area (Å²) in [5.41, 5.74) is 0. The molecule has 0 radical (unpaired) electrons. The summed E-state index contributed by atoms with van der Waals surface area (Å²) in [5, 5.41) is 2.89. The zero-order valence-corrected chi connectivity index (χ0v) is 11.7. The van der Waals surface area contributed by atoms with Gasteiger partial charge in [-0.2, -0.15) is 0 Å². The van der Waals surface area contributed by atoms with Gasteiger partial charge in [0.25, 0.3) is 10.0 Å². The first-order valence-electron chi connectivity index (χ1n) is 5.37. The van der Waals surface area contributed by atoms with Gasteiger partial charge < -0.3 is 5.32 Å². The lowest BCUT2D eigenvalue weighted by atomic mass is 10.2. The Kier molecular flexibility index (Phi) is 4.98. The summed E-state index contributed by atoms with van der Waals surface area (Å²) < 4.78 is 25.5. The summed E-state index contributed by atoms with van der Waals surface area (Å²) in [7, 11) is -3.84. The molecule has 18 heavy (non-hydrogen) atoms. The van der Waals surface area contributed by atoms with E-state index in [1.54, 1.807) is 0 Å². The number of carbonyl (C=O) groups excluding carboxylic acids is 1. The van der Waals surface area contributed by atoms with Gasteiger partial charge in [-0.05, 0) is 30.2 Å². The number of hydrogen-bond donors (Lipinski definition) is 2. The van der Waals surface area contributed by atoms with Crippen molar-refractivity contribution in [2.75, 3.05) is 6.54 Å². The highest BCUT2D eigenvalue weighted by atomic mass is 35.5. The number of rotatable bonds is 4. The van der Waals surface area contributed by atoms with Gasteiger partial charge in [0.2, 0.25) is 0 Å². The summed E-state index contributed by atoms with van der Waals surface area (Å²) in [6.45, 7) is 4.23. The Morgan fingerprint density at radius 3 is 2.33 bits per heavy atom. The number of urea groups is 1. The van der Waals surface area contributed by atoms with Crippen molar-refractivity contribution in [3.8, 4) is 0 Å². The molecule has 2 amide bonds. The number of halogens is 1. The Labute approximate surface area is 112 Å². The molecule has 0 aliphatic rings. The maximum atomic E-state index is 11.8. The average Bonchev–Trinajstić information content (AvgIpc) is 2.26. The molecular weight excluding hydrogens is 276 g/mol. The van der Waals surface area contributed by atoms with Gasteiger partial charge in [-0.1, -0.05) is 25.4 Å². The minimum absolute atomic E-state index is 0.00778. The van der Waals surface area contributed by atoms with Crippen LogP contribution in [0.2, 0.25) is 5.02 Å². The number of carbonyl (C=O) groups is 1. The molecule has 0 spiro atoms. The molecule has 1 rings (SSSR count). The highest BCUT2D eigenvalue weighted by molar-refractivity contribution is 7.90. The van der Waals surface area contributed by atoms with E-state index in [0.717, 1.165) is 0 Å². The van der Waals surface area contributed by atoms with Crippen LogP contribution in [0, 0.1) is 5.92 Å². The number of benzene rings is 1. The van der Waals surface area contributed by atoms with E-state index in [1.165, 1.54) is 24.3 Å². The highest BCUT2D eigenvalue weighted by Crippen LogP contribution is 2.13. The Balaban J connectivity index is 2.70. The fourth-order valence-corrected chi connectivity index (χ4v) is 2.18. The van der Waals surface area contributed by atoms with Gasteiger partial charge >= 0.3 is 6.03 Å². The number of amides is 2. The van der Waals surface area contributed by atoms with Crippen molar-refractivity contribution in [2.45, 2.75) is 18.7 Å². The van der Waals surface area contributed by atoms with Crippen molar-refractivity contribution in [3.05, 3.63) is 29.3 Å². The van der Waals surface area contributed by atoms with E-state index < -0.39 is 16.1 Å². The predicted molar refractivity (Wildman–Crippen MR) is 70.0 cm³/mol. The van der Waals surface area contributed by atoms with Gasteiger partial charge in [0.15, 0.2) is 0 Å². The van der Waals surface area contributed by atoms with Crippen molar-refractivity contribution in [1.82, 2.24) is 10.0 Å². The Bertz CT molecular complexity index is 512. The Morgan fingerprint density at radius 2 is 1.83 bits per heavy atom. The van der Waals surface area contributed by atoms with Crippen molar-refractivity contribution in [3.63, 3.8) is 0 Å². The minimum Gasteiger partial charge on any atom is -0.337 e. The second-order valence-electron chi connectivity index (χ2n) is 4.16. The van der Waals surface area contributed by atoms with Crippen LogP contribution in [0.3, 0.4) is 0 Å². The van der Waals surface area contributed by atoms with Gasteiger partial charge in [0, 0.05) is 11.6 Å². The molecule has 0 aliphatic heterocycles. The summed E-state index contributed by atoms with van der Waals surface area (Å²) in [4.78, 5) is 11.4. The Hall–Kier alpha value is -1.27. The molecular formula is C11H15ClN2O3S. The molecule has 0 heterocycles. The number of sulfonamides is 1. The average molecular weight is 291 g/mol. The van der Waals surface area contributed by atoms with Crippen LogP contribution in [0.5, 0.6) is 0 Å². The van der Waals surface area contributed by atoms with Crippen molar-refractivity contribution >= 4 is 27.7 Å². The van der Waals surface area contributed by atoms with Crippen LogP contribution in [0.1, 0.15) is 13.8 Å². The van der Waals surface area contributed by atoms with Crippen LogP contribution < -0.4 is 10.0 Å². The largest absolute Gasteiger partial charge is 0.337 e. The van der Waals surface area contributed by atoms with E-state index in [0.29, 0.717) is 11.6 Å². The van der Waals surface area contributed by atoms with Gasteiger partial charge in [-0.3, -0.25) is 0 Å². The fraction of sp³-hybridized carbons (Fsp3) is 0.364. The van der Waals surface area contributed by atoms with Crippen molar-refractivity contribution in [1.29, 1.82) is 0 Å². The van der Waals surface area contributed by atoms with Crippen LogP contribution in [-0.2, 0) is 10.0 Å². The smallest absolute Gasteiger partial charge is 0.328 e. The van der Waals surface area contributed by atoms with E-state index in [1.807, 2.05) is 18.6 Å². The standard InChI is InChI=1S/C11H15ClN2O3S/c1-8(2)7-13-11(15)14-18(16,17)10-5-3-9(12)4-6-10/h3-6,8H,7H2,1-2H3,(H2,13,14,15). The monoisotopic (exact) mass is 290 g/mol. The van der Waals surface area contributed by atoms with Gasteiger partial charge in [-0.25, -0.2) is 17.9 Å². The maximum absolute atomic E-state index is 11.8. The number of hydrogen-bond acceptors (Lipinski definition) is 3. The van der Waals surface area contributed by atoms with Crippen LogP contribution >= 0.6 is 11.6 Å². The predicted octanol–water partition coefficient (Wildman–Crippen LogP) is 1.98. The van der Waals surface area contributed by atoms with E-state index in [-0.39, 0.29) is 10.8 Å². The molecule has 1 aromatic rings. The third-order valence-electron chi connectivity index (χ3n) is 2.02. The SMILES string of the molecule is CC(C)CNC(=O)NS(=O)(=O)c1ccc(Cl)cc1. The van der Waals surface area contributed by atoms with Crippen LogP contribution in [0.25, 0.3) is 0 Å². The summed E-state index contributed by atoms with van der Waals surface area (Å²) in [6, 6.07) is 4.82.